The van der Waals surface area contributed by atoms with E-state index in [1.165, 1.54) is 52.7 Å². The molecule has 0 spiro atoms. The van der Waals surface area contributed by atoms with Gasteiger partial charge in [-0.25, -0.2) is 13.8 Å². The van der Waals surface area contributed by atoms with E-state index < -0.39 is 22.5 Å². The Morgan fingerprint density at radius 1 is 0.906 bits per heavy atom. The van der Waals surface area contributed by atoms with Crippen molar-refractivity contribution in [1.29, 1.82) is 0 Å². The van der Waals surface area contributed by atoms with Crippen LogP contribution < -0.4 is 28.7 Å². The zero-order valence-electron chi connectivity index (χ0n) is 18.8. The van der Waals surface area contributed by atoms with Crippen LogP contribution in [0, 0.1) is 0 Å². The zero-order chi connectivity index (χ0) is 23.9. The van der Waals surface area contributed by atoms with Gasteiger partial charge in [0.2, 0.25) is 0 Å². The third-order valence-electron chi connectivity index (χ3n) is 4.29. The molecule has 0 bridgehead atoms. The summed E-state index contributed by atoms with van der Waals surface area (Å²) in [5, 5.41) is 3.86. The molecular weight excluding hydrogens is 438 g/mol. The summed E-state index contributed by atoms with van der Waals surface area (Å²) in [6, 6.07) is 8.80. The minimum absolute atomic E-state index is 0.108. The number of anilines is 1. The largest absolute Gasteiger partial charge is 0.497 e. The number of amides is 1. The van der Waals surface area contributed by atoms with Crippen molar-refractivity contribution in [1.82, 2.24) is 5.43 Å². The van der Waals surface area contributed by atoms with Gasteiger partial charge in [-0.15, -0.1) is 0 Å². The van der Waals surface area contributed by atoms with Crippen LogP contribution in [0.15, 0.2) is 46.4 Å². The van der Waals surface area contributed by atoms with E-state index in [9.17, 15) is 13.2 Å². The molecule has 2 aromatic rings. The number of carbonyl (C=O) groups is 1. The smallest absolute Gasteiger partial charge is 0.265 e. The third kappa shape index (κ3) is 5.61. The average Bonchev–Trinajstić information content (AvgIpc) is 2.79. The first-order valence-corrected chi connectivity index (χ1v) is 10.9. The molecule has 0 fully saturated rings. The van der Waals surface area contributed by atoms with Crippen molar-refractivity contribution in [2.45, 2.75) is 18.7 Å². The molecule has 0 unspecified atom stereocenters. The van der Waals surface area contributed by atoms with Crippen molar-refractivity contribution in [2.75, 3.05) is 39.3 Å². The molecule has 0 atom stereocenters. The standard InChI is InChI=1S/C21H27N3O7S/c1-14(2)22-23-21(25)13-24(17-11-15(28-3)7-9-18(17)29-4)32(26,27)16-8-10-19(30-5)20(12-16)31-6/h7-12H,13H2,1-6H3,(H,23,25). The molecule has 0 aliphatic carbocycles. The van der Waals surface area contributed by atoms with Crippen molar-refractivity contribution >= 4 is 27.3 Å². The van der Waals surface area contributed by atoms with E-state index in [-0.39, 0.29) is 22.1 Å². The Labute approximate surface area is 187 Å². The number of hydrogen-bond donors (Lipinski definition) is 1. The first-order valence-electron chi connectivity index (χ1n) is 9.44. The number of methoxy groups -OCH3 is 4. The van der Waals surface area contributed by atoms with Crippen LogP contribution in [0.4, 0.5) is 5.69 Å². The van der Waals surface area contributed by atoms with Gasteiger partial charge in [-0.3, -0.25) is 9.10 Å². The summed E-state index contributed by atoms with van der Waals surface area (Å²) in [5.74, 6) is 0.568. The van der Waals surface area contributed by atoms with E-state index in [0.717, 1.165) is 4.31 Å². The van der Waals surface area contributed by atoms with Crippen molar-refractivity contribution in [3.63, 3.8) is 0 Å². The Hall–Kier alpha value is -3.47. The number of nitrogens with zero attached hydrogens (tertiary/aromatic N) is 2. The van der Waals surface area contributed by atoms with E-state index in [1.54, 1.807) is 26.0 Å². The molecule has 11 heteroatoms. The molecule has 0 saturated heterocycles. The number of nitrogens with one attached hydrogen (secondary N) is 1. The second-order valence-electron chi connectivity index (χ2n) is 6.66. The molecule has 0 radical (unpaired) electrons. The first-order chi connectivity index (χ1) is 15.2. The Balaban J connectivity index is 2.65. The van der Waals surface area contributed by atoms with Gasteiger partial charge < -0.3 is 18.9 Å². The van der Waals surface area contributed by atoms with E-state index in [1.807, 2.05) is 0 Å². The van der Waals surface area contributed by atoms with Crippen LogP contribution in [0.1, 0.15) is 13.8 Å². The van der Waals surface area contributed by atoms with Crippen LogP contribution in [0.3, 0.4) is 0 Å². The van der Waals surface area contributed by atoms with E-state index in [2.05, 4.69) is 10.5 Å². The number of rotatable bonds is 10. The Morgan fingerprint density at radius 3 is 2.09 bits per heavy atom. The van der Waals surface area contributed by atoms with Crippen molar-refractivity contribution < 1.29 is 32.2 Å². The number of ether oxygens (including phenoxy) is 4. The quantitative estimate of drug-likeness (QED) is 0.423. The molecule has 10 nitrogen and oxygen atoms in total. The van der Waals surface area contributed by atoms with Gasteiger partial charge in [0.15, 0.2) is 11.5 Å². The lowest BCUT2D eigenvalue weighted by Crippen LogP contribution is -2.40. The summed E-state index contributed by atoms with van der Waals surface area (Å²) in [6.07, 6.45) is 0. The minimum Gasteiger partial charge on any atom is -0.497 e. The number of carbonyl (C=O) groups excluding carboxylic acids is 1. The molecule has 0 aromatic heterocycles. The van der Waals surface area contributed by atoms with Crippen LogP contribution in [0.2, 0.25) is 0 Å². The SMILES string of the molecule is COc1ccc(OC)c(N(CC(=O)NN=C(C)C)S(=O)(=O)c2ccc(OC)c(OC)c2)c1. The minimum atomic E-state index is -4.25. The van der Waals surface area contributed by atoms with Gasteiger partial charge in [-0.2, -0.15) is 5.10 Å². The Bertz CT molecular complexity index is 1100. The van der Waals surface area contributed by atoms with E-state index in [4.69, 9.17) is 18.9 Å². The summed E-state index contributed by atoms with van der Waals surface area (Å²) in [6.45, 7) is 2.84. The van der Waals surface area contributed by atoms with Gasteiger partial charge in [0.1, 0.15) is 18.0 Å². The number of benzene rings is 2. The molecule has 0 aliphatic rings. The molecule has 1 N–H and O–H groups in total. The van der Waals surface area contributed by atoms with E-state index in [0.29, 0.717) is 17.2 Å². The second-order valence-corrected chi connectivity index (χ2v) is 8.52. The number of sulfonamides is 1. The lowest BCUT2D eigenvalue weighted by molar-refractivity contribution is -0.119. The Morgan fingerprint density at radius 2 is 1.53 bits per heavy atom. The highest BCUT2D eigenvalue weighted by Gasteiger charge is 2.31. The molecule has 1 amide bonds. The maximum atomic E-state index is 13.7. The summed E-state index contributed by atoms with van der Waals surface area (Å²) in [5.41, 5.74) is 3.06. The fraction of sp³-hybridized carbons (Fsp3) is 0.333. The topological polar surface area (TPSA) is 116 Å². The maximum absolute atomic E-state index is 13.7. The molecule has 32 heavy (non-hydrogen) atoms. The predicted octanol–water partition coefficient (Wildman–Crippen LogP) is 2.43. The van der Waals surface area contributed by atoms with Crippen molar-refractivity contribution in [3.05, 3.63) is 36.4 Å². The summed E-state index contributed by atoms with van der Waals surface area (Å²) >= 11 is 0. The lowest BCUT2D eigenvalue weighted by atomic mass is 10.2. The van der Waals surface area contributed by atoms with Crippen LogP contribution in [0.5, 0.6) is 23.0 Å². The highest BCUT2D eigenvalue weighted by Crippen LogP contribution is 2.37. The van der Waals surface area contributed by atoms with Crippen molar-refractivity contribution in [3.8, 4) is 23.0 Å². The molecular formula is C21H27N3O7S. The van der Waals surface area contributed by atoms with Gasteiger partial charge in [0.25, 0.3) is 15.9 Å². The lowest BCUT2D eigenvalue weighted by Gasteiger charge is -2.26. The second kappa shape index (κ2) is 10.7. The number of hydrazone groups is 1. The van der Waals surface area contributed by atoms with Crippen LogP contribution in [-0.4, -0.2) is 55.0 Å². The number of hydrogen-bond acceptors (Lipinski definition) is 8. The summed E-state index contributed by atoms with van der Waals surface area (Å²) in [7, 11) is 1.44. The maximum Gasteiger partial charge on any atom is 0.265 e. The zero-order valence-corrected chi connectivity index (χ0v) is 19.6. The van der Waals surface area contributed by atoms with Crippen LogP contribution in [-0.2, 0) is 14.8 Å². The molecule has 174 valence electrons. The monoisotopic (exact) mass is 465 g/mol. The molecule has 0 aliphatic heterocycles. The van der Waals surface area contributed by atoms with Crippen LogP contribution in [0.25, 0.3) is 0 Å². The average molecular weight is 466 g/mol. The van der Waals surface area contributed by atoms with Gasteiger partial charge >= 0.3 is 0 Å². The highest BCUT2D eigenvalue weighted by atomic mass is 32.2. The summed E-state index contributed by atoms with van der Waals surface area (Å²) in [4.78, 5) is 12.4. The first kappa shape index (κ1) is 24.8. The Kier molecular flexibility index (Phi) is 8.30. The van der Waals surface area contributed by atoms with Crippen LogP contribution >= 0.6 is 0 Å². The van der Waals surface area contributed by atoms with Crippen molar-refractivity contribution in [2.24, 2.45) is 5.10 Å². The normalized spacial score (nSPS) is 10.7. The van der Waals surface area contributed by atoms with Gasteiger partial charge in [0.05, 0.1) is 39.0 Å². The third-order valence-corrected chi connectivity index (χ3v) is 6.04. The molecule has 2 aromatic carbocycles. The molecule has 0 heterocycles. The summed E-state index contributed by atoms with van der Waals surface area (Å²) < 4.78 is 49.3. The van der Waals surface area contributed by atoms with E-state index >= 15 is 0 Å². The molecule has 2 rings (SSSR count). The fourth-order valence-electron chi connectivity index (χ4n) is 2.74. The molecule has 0 saturated carbocycles. The fourth-order valence-corrected chi connectivity index (χ4v) is 4.17. The van der Waals surface area contributed by atoms with Gasteiger partial charge in [0, 0.05) is 17.8 Å². The predicted molar refractivity (Wildman–Crippen MR) is 121 cm³/mol. The van der Waals surface area contributed by atoms with Gasteiger partial charge in [-0.05, 0) is 38.1 Å². The van der Waals surface area contributed by atoms with Gasteiger partial charge in [-0.1, -0.05) is 0 Å². The highest BCUT2D eigenvalue weighted by molar-refractivity contribution is 7.92.